The zero-order chi connectivity index (χ0) is 12.6. The Morgan fingerprint density at radius 2 is 2.12 bits per heavy atom. The summed E-state index contributed by atoms with van der Waals surface area (Å²) in [5.74, 6) is -1.22. The van der Waals surface area contributed by atoms with Crippen molar-refractivity contribution in [2.75, 3.05) is 32.4 Å². The van der Waals surface area contributed by atoms with Crippen molar-refractivity contribution < 1.29 is 27.2 Å². The molecule has 0 amide bonds. The van der Waals surface area contributed by atoms with E-state index in [0.717, 1.165) is 4.31 Å². The molecule has 0 aliphatic rings. The van der Waals surface area contributed by atoms with Crippen LogP contribution in [0.5, 0.6) is 0 Å². The van der Waals surface area contributed by atoms with Crippen LogP contribution >= 0.6 is 11.6 Å². The number of carbonyl (C=O) groups is 1. The van der Waals surface area contributed by atoms with Crippen LogP contribution in [-0.2, 0) is 24.0 Å². The minimum atomic E-state index is -4.25. The van der Waals surface area contributed by atoms with Crippen LogP contribution in [-0.4, -0.2) is 56.2 Å². The van der Waals surface area contributed by atoms with Gasteiger partial charge in [0.15, 0.2) is 0 Å². The second kappa shape index (κ2) is 7.80. The van der Waals surface area contributed by atoms with E-state index in [1.165, 1.54) is 0 Å². The van der Waals surface area contributed by atoms with Crippen molar-refractivity contribution in [1.82, 2.24) is 4.31 Å². The first-order valence-corrected chi connectivity index (χ1v) is 6.34. The van der Waals surface area contributed by atoms with E-state index in [1.54, 1.807) is 6.92 Å². The highest BCUT2D eigenvalue weighted by Gasteiger charge is 2.25. The van der Waals surface area contributed by atoms with Crippen molar-refractivity contribution >= 4 is 27.9 Å². The molecule has 0 saturated heterocycles. The maximum Gasteiger partial charge on any atom is 0.389 e. The fraction of sp³-hybridized carbons (Fsp3) is 0.857. The van der Waals surface area contributed by atoms with Gasteiger partial charge in [-0.3, -0.25) is 0 Å². The van der Waals surface area contributed by atoms with Gasteiger partial charge in [0.05, 0.1) is 0 Å². The van der Waals surface area contributed by atoms with Crippen LogP contribution in [0, 0.1) is 0 Å². The number of carbonyl (C=O) groups excluding carboxylic acids is 1. The van der Waals surface area contributed by atoms with E-state index in [-0.39, 0.29) is 19.2 Å². The van der Waals surface area contributed by atoms with Crippen LogP contribution in [0.2, 0.25) is 0 Å². The maximum atomic E-state index is 11.4. The topological polar surface area (TPSA) is 93.1 Å². The number of halogens is 1. The highest BCUT2D eigenvalue weighted by atomic mass is 35.5. The first-order valence-electron chi connectivity index (χ1n) is 4.44. The molecule has 7 nitrogen and oxygen atoms in total. The number of alkyl halides is 1. The smallest absolute Gasteiger partial charge is 0.385 e. The molecular formula is C7H14ClNO6S. The molecule has 0 fully saturated rings. The first kappa shape index (κ1) is 15.6. The molecule has 0 bridgehead atoms. The van der Waals surface area contributed by atoms with Gasteiger partial charge in [0.25, 0.3) is 0 Å². The van der Waals surface area contributed by atoms with Gasteiger partial charge in [-0.1, -0.05) is 0 Å². The largest absolute Gasteiger partial charge is 0.389 e. The lowest BCUT2D eigenvalue weighted by Crippen LogP contribution is -2.37. The average molecular weight is 276 g/mol. The van der Waals surface area contributed by atoms with E-state index in [0.29, 0.717) is 6.61 Å². The van der Waals surface area contributed by atoms with Crippen molar-refractivity contribution in [3.63, 3.8) is 0 Å². The number of nitrogens with zero attached hydrogens (tertiary/aromatic N) is 1. The third kappa shape index (κ3) is 5.61. The molecule has 0 aromatic heterocycles. The first-order chi connectivity index (χ1) is 7.47. The Balaban J connectivity index is 4.55. The summed E-state index contributed by atoms with van der Waals surface area (Å²) >= 11 is 5.40. The van der Waals surface area contributed by atoms with Crippen molar-refractivity contribution in [3.05, 3.63) is 0 Å². The standard InChI is InChI=1S/C7H14ClNO6S/c1-2-14-6-9(4-3-8)16(12,13)15-7(11)5-10/h10H,2-6H2,1H3. The number of ether oxygens (including phenoxy) is 1. The van der Waals surface area contributed by atoms with Crippen LogP contribution in [0.25, 0.3) is 0 Å². The van der Waals surface area contributed by atoms with Gasteiger partial charge >= 0.3 is 16.3 Å². The second-order valence-corrected chi connectivity index (χ2v) is 4.47. The van der Waals surface area contributed by atoms with Crippen LogP contribution < -0.4 is 0 Å². The third-order valence-electron chi connectivity index (χ3n) is 1.42. The molecule has 0 heterocycles. The van der Waals surface area contributed by atoms with Crippen molar-refractivity contribution in [1.29, 1.82) is 0 Å². The summed E-state index contributed by atoms with van der Waals surface area (Å²) in [6.45, 7) is 0.670. The molecule has 0 rings (SSSR count). The molecule has 16 heavy (non-hydrogen) atoms. The van der Waals surface area contributed by atoms with Gasteiger partial charge in [-0.15, -0.1) is 15.9 Å². The van der Waals surface area contributed by atoms with Gasteiger partial charge in [0.1, 0.15) is 13.3 Å². The Morgan fingerprint density at radius 3 is 2.56 bits per heavy atom. The lowest BCUT2D eigenvalue weighted by atomic mass is 10.7. The zero-order valence-electron chi connectivity index (χ0n) is 8.76. The van der Waals surface area contributed by atoms with E-state index in [2.05, 4.69) is 4.18 Å². The van der Waals surface area contributed by atoms with Crippen LogP contribution in [0.4, 0.5) is 0 Å². The minimum absolute atomic E-state index is 0.0307. The molecule has 1 N–H and O–H groups in total. The molecule has 0 aromatic rings. The number of rotatable bonds is 8. The monoisotopic (exact) mass is 275 g/mol. The Labute approximate surface area is 99.1 Å². The lowest BCUT2D eigenvalue weighted by Gasteiger charge is -2.19. The summed E-state index contributed by atoms with van der Waals surface area (Å²) in [5.41, 5.74) is 0. The third-order valence-corrected chi connectivity index (χ3v) is 2.90. The molecule has 0 unspecified atom stereocenters. The molecule has 0 aromatic carbocycles. The van der Waals surface area contributed by atoms with Gasteiger partial charge in [0, 0.05) is 19.0 Å². The molecular weight excluding hydrogens is 262 g/mol. The lowest BCUT2D eigenvalue weighted by molar-refractivity contribution is -0.137. The predicted octanol–water partition coefficient (Wildman–Crippen LogP) is -0.699. The minimum Gasteiger partial charge on any atom is -0.385 e. The molecule has 0 aliphatic carbocycles. The molecule has 0 saturated carbocycles. The van der Waals surface area contributed by atoms with Gasteiger partial charge in [-0.2, -0.15) is 8.42 Å². The predicted molar refractivity (Wildman–Crippen MR) is 56.0 cm³/mol. The summed E-state index contributed by atoms with van der Waals surface area (Å²) in [6, 6.07) is 0. The molecule has 0 spiro atoms. The second-order valence-electron chi connectivity index (χ2n) is 2.56. The van der Waals surface area contributed by atoms with Gasteiger partial charge in [-0.25, -0.2) is 4.79 Å². The summed E-state index contributed by atoms with van der Waals surface area (Å²) in [4.78, 5) is 10.7. The molecule has 0 radical (unpaired) electrons. The summed E-state index contributed by atoms with van der Waals surface area (Å²) in [5, 5.41) is 8.37. The van der Waals surface area contributed by atoms with E-state index in [1.807, 2.05) is 0 Å². The van der Waals surface area contributed by atoms with Gasteiger partial charge < -0.3 is 14.0 Å². The zero-order valence-corrected chi connectivity index (χ0v) is 10.3. The van der Waals surface area contributed by atoms with Crippen LogP contribution in [0.1, 0.15) is 6.92 Å². The van der Waals surface area contributed by atoms with Crippen LogP contribution in [0.3, 0.4) is 0 Å². The fourth-order valence-electron chi connectivity index (χ4n) is 0.725. The van der Waals surface area contributed by atoms with E-state index < -0.39 is 22.9 Å². The molecule has 0 atom stereocenters. The fourth-order valence-corrected chi connectivity index (χ4v) is 1.94. The van der Waals surface area contributed by atoms with Crippen molar-refractivity contribution in [2.24, 2.45) is 0 Å². The van der Waals surface area contributed by atoms with Crippen molar-refractivity contribution in [2.45, 2.75) is 6.92 Å². The van der Waals surface area contributed by atoms with Crippen LogP contribution in [0.15, 0.2) is 0 Å². The van der Waals surface area contributed by atoms with Gasteiger partial charge in [-0.05, 0) is 6.92 Å². The van der Waals surface area contributed by atoms with Crippen molar-refractivity contribution in [3.8, 4) is 0 Å². The normalized spacial score (nSPS) is 11.8. The van der Waals surface area contributed by atoms with Gasteiger partial charge in [0.2, 0.25) is 0 Å². The van der Waals surface area contributed by atoms with E-state index in [4.69, 9.17) is 21.4 Å². The summed E-state index contributed by atoms with van der Waals surface area (Å²) < 4.78 is 32.6. The summed E-state index contributed by atoms with van der Waals surface area (Å²) in [7, 11) is -4.25. The SMILES string of the molecule is CCOCN(CCCl)S(=O)(=O)OC(=O)CO. The average Bonchev–Trinajstić information content (AvgIpc) is 2.23. The number of aliphatic hydroxyl groups is 1. The Morgan fingerprint density at radius 1 is 1.50 bits per heavy atom. The Bertz CT molecular complexity index is 306. The number of hydrogen-bond acceptors (Lipinski definition) is 6. The number of hydrogen-bond donors (Lipinski definition) is 1. The maximum absolute atomic E-state index is 11.4. The van der Waals surface area contributed by atoms with E-state index >= 15 is 0 Å². The highest BCUT2D eigenvalue weighted by molar-refractivity contribution is 7.84. The Kier molecular flexibility index (Phi) is 7.60. The summed E-state index contributed by atoms with van der Waals surface area (Å²) in [6.07, 6.45) is 0. The van der Waals surface area contributed by atoms with E-state index in [9.17, 15) is 13.2 Å². The molecule has 9 heteroatoms. The quantitative estimate of drug-likeness (QED) is 0.465. The number of aliphatic hydroxyl groups excluding tert-OH is 1. The molecule has 96 valence electrons. The Hall–Kier alpha value is -0.410. The highest BCUT2D eigenvalue weighted by Crippen LogP contribution is 2.04. The molecule has 0 aliphatic heterocycles.